The minimum Gasteiger partial charge on any atom is -0.394 e. The van der Waals surface area contributed by atoms with Gasteiger partial charge in [0.1, 0.15) is 18.3 Å². The summed E-state index contributed by atoms with van der Waals surface area (Å²) in [6.45, 7) is 20.1. The average molecular weight is 1280 g/mol. The van der Waals surface area contributed by atoms with Crippen LogP contribution >= 0.6 is 7.82 Å². The molecule has 0 saturated carbocycles. The molecule has 0 radical (unpaired) electrons. The molecule has 0 aliphatic carbocycles. The molecule has 1 aromatic heterocycles. The second-order valence-corrected chi connectivity index (χ2v) is 29.2. The lowest BCUT2D eigenvalue weighted by molar-refractivity contribution is -0.124. The molecule has 28 heteroatoms. The number of nitrogens with one attached hydrogen (secondary N) is 5. The van der Waals surface area contributed by atoms with Crippen molar-refractivity contribution in [3.05, 3.63) is 63.9 Å². The third-order valence-corrected chi connectivity index (χ3v) is 22.8. The molecule has 2 unspecified atom stereocenters. The summed E-state index contributed by atoms with van der Waals surface area (Å²) >= 11 is 0. The summed E-state index contributed by atoms with van der Waals surface area (Å²) in [7, 11) is -5.05. The maximum Gasteiger partial charge on any atom is 0.472 e. The van der Waals surface area contributed by atoms with Crippen molar-refractivity contribution in [1.82, 2.24) is 36.1 Å². The van der Waals surface area contributed by atoms with Gasteiger partial charge in [-0.3, -0.25) is 42.6 Å². The van der Waals surface area contributed by atoms with Crippen molar-refractivity contribution in [1.29, 1.82) is 0 Å². The van der Waals surface area contributed by atoms with E-state index in [2.05, 4.69) is 51.5 Å². The van der Waals surface area contributed by atoms with E-state index >= 15 is 0 Å². The Morgan fingerprint density at radius 3 is 1.91 bits per heavy atom. The van der Waals surface area contributed by atoms with E-state index in [0.717, 1.165) is 28.0 Å². The van der Waals surface area contributed by atoms with Crippen molar-refractivity contribution in [3.8, 4) is 0 Å². The SMILES string of the molecule is C/C1=C2/N[C@H](/C=C3\N[C@H](/C(C)=C4\N[C@H]([C@H](CC(N)=O)[C@@]4(C)CCC(=O)NC[C@@H](C)OP(=O)(O)O[C@H]4[C@@H](O)[C@@H](n5cnc6cc(C)c(C)cc65)O[C@@H]4CO)[C@]4(C)NC1[C@@H](CCC(N)=O)[C@]4(C)CC(N)=O)[C@@H](CCC(N)=O)C3(C)C)[C@@H](CCC(N)=O)[C@]2(C)CC(N)=O. The Balaban J connectivity index is 1.18. The zero-order valence-electron chi connectivity index (χ0n) is 53.6. The fraction of sp³-hybridized carbons (Fsp3) is 0.677. The first kappa shape index (κ1) is 69.4. The molecule has 18 atom stereocenters. The number of rotatable bonds is 26. The molecule has 8 rings (SSSR count). The Kier molecular flexibility index (Phi) is 20.0. The lowest BCUT2D eigenvalue weighted by atomic mass is 9.56. The first-order valence-corrected chi connectivity index (χ1v) is 32.6. The van der Waals surface area contributed by atoms with Crippen molar-refractivity contribution < 1.29 is 67.0 Å². The molecule has 90 heavy (non-hydrogen) atoms. The van der Waals surface area contributed by atoms with E-state index in [1.807, 2.05) is 67.5 Å². The van der Waals surface area contributed by atoms with Crippen molar-refractivity contribution >= 4 is 60.2 Å². The number of ether oxygens (including phenoxy) is 1. The van der Waals surface area contributed by atoms with Crippen LogP contribution in [0.25, 0.3) is 11.0 Å². The highest BCUT2D eigenvalue weighted by molar-refractivity contribution is 7.47. The standard InChI is InChI=1S/C62H96N13O14P/c1-29-20-39-40(21-30(29)2)75(28-70-39)57-52(84)53(41(27-76)87-57)89-90(85,86)88-31(3)26-69-49(83)18-19-59(8)37(22-46(66)80)56-62(11)61(10,25-48(68)82)36(14-17-45(65)79)51(74-62)33(5)55-60(9,24-47(67)81)34(12-15-43(63)77)38(71-55)23-42-58(6,7)35(13-16-44(64)78)50(72-42)32(4)54(59)73-56/h20-21,23,28,31,34-38,41,50-53,56-57,71-74,76,84H,12-19,22,24-27H2,1-11H3,(H2,63,77)(H2,64,78)(H2,65,79)(H2,66,80)(H2,67,81)(H2,68,82)(H,69,83)(H,85,86)/b42-23-,54-32-,55-33-/t31-,34-,35-,36-,37+,38-,41-,50-,51?,52-,53-,56-,57+,59-,60+,61+,62+/m1/s1. The van der Waals surface area contributed by atoms with Crippen LogP contribution in [0.2, 0.25) is 0 Å². The van der Waals surface area contributed by atoms with Crippen molar-refractivity contribution in [2.24, 2.45) is 79.7 Å². The van der Waals surface area contributed by atoms with Crippen LogP contribution in [0.15, 0.2) is 52.8 Å². The van der Waals surface area contributed by atoms with Gasteiger partial charge in [0.25, 0.3) is 0 Å². The number of allylic oxidation sites excluding steroid dienone is 3. The van der Waals surface area contributed by atoms with Crippen molar-refractivity contribution in [2.45, 2.75) is 207 Å². The average Bonchev–Trinajstić information content (AvgIpc) is 1.53. The van der Waals surface area contributed by atoms with Crippen LogP contribution in [0.4, 0.5) is 0 Å². The number of nitrogens with two attached hydrogens (primary N) is 6. The number of benzene rings is 1. The van der Waals surface area contributed by atoms with E-state index in [4.69, 9.17) is 48.2 Å². The number of aryl methyl sites for hydroxylation is 2. The van der Waals surface area contributed by atoms with Crippen LogP contribution in [0.5, 0.6) is 0 Å². The number of aliphatic hydroxyl groups excluding tert-OH is 2. The molecule has 20 N–H and O–H groups in total. The number of nitrogens with zero attached hydrogens (tertiary/aromatic N) is 2. The molecule has 5 fully saturated rings. The quantitative estimate of drug-likeness (QED) is 0.0596. The summed E-state index contributed by atoms with van der Waals surface area (Å²) in [6, 6.07) is 1.17. The number of amides is 7. The normalized spacial score (nSPS) is 36.7. The Bertz CT molecular complexity index is 3330. The summed E-state index contributed by atoms with van der Waals surface area (Å²) in [5.74, 6) is -6.20. The first-order valence-electron chi connectivity index (χ1n) is 31.1. The zero-order chi connectivity index (χ0) is 66.7. The second kappa shape index (κ2) is 25.9. The number of carbonyl (C=O) groups excluding carboxylic acids is 7. The molecule has 6 aliphatic heterocycles. The number of hydrogen-bond donors (Lipinski definition) is 14. The highest BCUT2D eigenvalue weighted by atomic mass is 31.2. The Morgan fingerprint density at radius 1 is 0.744 bits per heavy atom. The van der Waals surface area contributed by atoms with E-state index in [1.54, 1.807) is 4.57 Å². The highest BCUT2D eigenvalue weighted by Gasteiger charge is 2.68. The minimum atomic E-state index is -5.05. The van der Waals surface area contributed by atoms with Gasteiger partial charge in [0.05, 0.1) is 36.1 Å². The van der Waals surface area contributed by atoms with Gasteiger partial charge in [-0.05, 0) is 125 Å². The van der Waals surface area contributed by atoms with E-state index < -0.39 is 156 Å². The molecule has 498 valence electrons. The van der Waals surface area contributed by atoms with Gasteiger partial charge in [0, 0.05) is 120 Å². The molecule has 7 amide bonds. The molecule has 2 aromatic rings. The van der Waals surface area contributed by atoms with Crippen LogP contribution in [-0.2, 0) is 51.9 Å². The fourth-order valence-electron chi connectivity index (χ4n) is 16.7. The van der Waals surface area contributed by atoms with Gasteiger partial charge >= 0.3 is 7.82 Å². The molecule has 1 aromatic carbocycles. The number of fused-ring (bicyclic) bond motifs is 10. The first-order chi connectivity index (χ1) is 41.8. The number of aromatic nitrogens is 2. The van der Waals surface area contributed by atoms with Crippen LogP contribution in [0.1, 0.15) is 150 Å². The third kappa shape index (κ3) is 13.2. The van der Waals surface area contributed by atoms with Crippen molar-refractivity contribution in [2.75, 3.05) is 13.2 Å². The van der Waals surface area contributed by atoms with Gasteiger partial charge in [0.2, 0.25) is 41.4 Å². The molecular formula is C62H96N13O14P. The Labute approximate surface area is 525 Å². The zero-order valence-corrected chi connectivity index (χ0v) is 54.5. The van der Waals surface area contributed by atoms with Gasteiger partial charge in [-0.15, -0.1) is 0 Å². The number of carbonyl (C=O) groups is 7. The third-order valence-electron chi connectivity index (χ3n) is 21.7. The Hall–Kier alpha value is -6.45. The van der Waals surface area contributed by atoms with Gasteiger partial charge in [0.15, 0.2) is 6.23 Å². The lowest BCUT2D eigenvalue weighted by Crippen LogP contribution is -2.64. The lowest BCUT2D eigenvalue weighted by Gasteiger charge is -2.49. The highest BCUT2D eigenvalue weighted by Crippen LogP contribution is 2.62. The summed E-state index contributed by atoms with van der Waals surface area (Å²) in [5.41, 5.74) is 37.8. The maximum atomic E-state index is 14.4. The molecule has 27 nitrogen and oxygen atoms in total. The van der Waals surface area contributed by atoms with Crippen LogP contribution in [-0.4, -0.2) is 133 Å². The summed E-state index contributed by atoms with van der Waals surface area (Å²) in [4.78, 5) is 109. The van der Waals surface area contributed by atoms with Gasteiger partial charge in [-0.25, -0.2) is 9.55 Å². The second-order valence-electron chi connectivity index (χ2n) is 27.9. The molecular weight excluding hydrogens is 1180 g/mol. The van der Waals surface area contributed by atoms with E-state index in [0.29, 0.717) is 28.8 Å². The molecule has 5 saturated heterocycles. The molecule has 6 aliphatic rings. The smallest absolute Gasteiger partial charge is 0.394 e. The van der Waals surface area contributed by atoms with Gasteiger partial charge in [-0.1, -0.05) is 34.6 Å². The topological polar surface area (TPSA) is 459 Å². The van der Waals surface area contributed by atoms with Gasteiger partial charge in [-0.2, -0.15) is 0 Å². The number of aliphatic hydroxyl groups is 2. The molecule has 7 heterocycles. The van der Waals surface area contributed by atoms with Crippen LogP contribution < -0.4 is 61.0 Å². The minimum absolute atomic E-state index is 0.0183. The number of phosphoric acid groups is 1. The van der Waals surface area contributed by atoms with Gasteiger partial charge < -0.3 is 85.4 Å². The predicted octanol–water partition coefficient (Wildman–Crippen LogP) is 1.71. The monoisotopic (exact) mass is 1280 g/mol. The number of primary amides is 6. The summed E-state index contributed by atoms with van der Waals surface area (Å²) < 4.78 is 32.3. The Morgan fingerprint density at radius 2 is 1.32 bits per heavy atom. The van der Waals surface area contributed by atoms with E-state index in [9.17, 15) is 53.2 Å². The summed E-state index contributed by atoms with van der Waals surface area (Å²) in [5, 5.41) is 40.2. The summed E-state index contributed by atoms with van der Waals surface area (Å²) in [6.07, 6.45) is -3.15. The maximum absolute atomic E-state index is 14.4. The molecule has 8 bridgehead atoms. The van der Waals surface area contributed by atoms with Crippen LogP contribution in [0.3, 0.4) is 0 Å². The van der Waals surface area contributed by atoms with Crippen molar-refractivity contribution in [3.63, 3.8) is 0 Å². The van der Waals surface area contributed by atoms with E-state index in [1.165, 1.54) is 13.3 Å². The number of hydrogen-bond acceptors (Lipinski definition) is 18. The number of imidazole rings is 1. The fourth-order valence-corrected chi connectivity index (χ4v) is 17.8. The molecule has 0 spiro atoms. The largest absolute Gasteiger partial charge is 0.472 e. The predicted molar refractivity (Wildman–Crippen MR) is 332 cm³/mol. The van der Waals surface area contributed by atoms with E-state index in [-0.39, 0.29) is 76.7 Å². The van der Waals surface area contributed by atoms with Crippen LogP contribution in [0, 0.1) is 59.2 Å². The number of phosphoric ester groups is 1.